The van der Waals surface area contributed by atoms with Gasteiger partial charge in [0.15, 0.2) is 17.4 Å². The molecule has 0 aliphatic carbocycles. The topological polar surface area (TPSA) is 55.1 Å². The molecule has 0 atom stereocenters. The Morgan fingerprint density at radius 1 is 1.20 bits per heavy atom. The highest BCUT2D eigenvalue weighted by Gasteiger charge is 2.12. The highest BCUT2D eigenvalue weighted by Crippen LogP contribution is 2.28. The van der Waals surface area contributed by atoms with E-state index in [1.54, 1.807) is 6.07 Å². The molecule has 0 aliphatic heterocycles. The smallest absolute Gasteiger partial charge is 0.161 e. The number of nitrogens with one attached hydrogen (secondary N) is 1. The second-order valence-electron chi connectivity index (χ2n) is 4.23. The number of benzene rings is 2. The molecule has 20 heavy (non-hydrogen) atoms. The molecule has 0 aromatic heterocycles. The van der Waals surface area contributed by atoms with E-state index in [2.05, 4.69) is 21.2 Å². The molecule has 2 aromatic rings. The minimum Gasteiger partial charge on any atom is -0.398 e. The Hall–Kier alpha value is -1.95. The molecule has 6 heteroatoms. The van der Waals surface area contributed by atoms with Crippen molar-refractivity contribution in [3.05, 3.63) is 52.0 Å². The van der Waals surface area contributed by atoms with Crippen molar-refractivity contribution < 1.29 is 13.6 Å². The van der Waals surface area contributed by atoms with Crippen molar-refractivity contribution in [1.29, 1.82) is 0 Å². The van der Waals surface area contributed by atoms with E-state index in [-0.39, 0.29) is 11.5 Å². The van der Waals surface area contributed by atoms with Crippen LogP contribution in [0.2, 0.25) is 0 Å². The van der Waals surface area contributed by atoms with Crippen LogP contribution in [-0.4, -0.2) is 5.78 Å². The molecular formula is C14H11BrF2N2O. The van der Waals surface area contributed by atoms with Crippen LogP contribution in [0.25, 0.3) is 0 Å². The van der Waals surface area contributed by atoms with Crippen molar-refractivity contribution in [3.63, 3.8) is 0 Å². The van der Waals surface area contributed by atoms with Crippen LogP contribution in [0.15, 0.2) is 34.8 Å². The van der Waals surface area contributed by atoms with Gasteiger partial charge in [0, 0.05) is 21.4 Å². The summed E-state index contributed by atoms with van der Waals surface area (Å²) in [7, 11) is 0. The normalized spacial score (nSPS) is 10.4. The average Bonchev–Trinajstić information content (AvgIpc) is 2.35. The van der Waals surface area contributed by atoms with Crippen molar-refractivity contribution in [3.8, 4) is 0 Å². The number of hydrogen-bond donors (Lipinski definition) is 2. The fourth-order valence-corrected chi connectivity index (χ4v) is 2.15. The van der Waals surface area contributed by atoms with Gasteiger partial charge >= 0.3 is 0 Å². The van der Waals surface area contributed by atoms with Gasteiger partial charge in [0.05, 0.1) is 0 Å². The third-order valence-electron chi connectivity index (χ3n) is 2.71. The molecule has 3 nitrogen and oxygen atoms in total. The number of carbonyl (C=O) groups is 1. The maximum atomic E-state index is 13.7. The first-order valence-electron chi connectivity index (χ1n) is 5.70. The third-order valence-corrected chi connectivity index (χ3v) is 3.17. The van der Waals surface area contributed by atoms with E-state index >= 15 is 0 Å². The molecule has 0 saturated heterocycles. The molecule has 104 valence electrons. The summed E-state index contributed by atoms with van der Waals surface area (Å²) in [5.74, 6) is -1.70. The number of hydrogen-bond acceptors (Lipinski definition) is 3. The van der Waals surface area contributed by atoms with E-state index in [1.165, 1.54) is 19.1 Å². The number of carbonyl (C=O) groups excluding carboxylic acids is 1. The lowest BCUT2D eigenvalue weighted by Gasteiger charge is -2.11. The Morgan fingerprint density at radius 2 is 1.80 bits per heavy atom. The van der Waals surface area contributed by atoms with E-state index in [1.807, 2.05) is 0 Å². The second kappa shape index (κ2) is 5.58. The maximum Gasteiger partial charge on any atom is 0.161 e. The molecule has 0 saturated carbocycles. The van der Waals surface area contributed by atoms with Gasteiger partial charge in [-0.05, 0) is 37.3 Å². The zero-order chi connectivity index (χ0) is 14.9. The highest BCUT2D eigenvalue weighted by atomic mass is 79.9. The Morgan fingerprint density at radius 3 is 2.35 bits per heavy atom. The Kier molecular flexibility index (Phi) is 4.04. The van der Waals surface area contributed by atoms with Gasteiger partial charge in [-0.1, -0.05) is 15.9 Å². The minimum absolute atomic E-state index is 0.220. The van der Waals surface area contributed by atoms with Crippen LogP contribution in [0.3, 0.4) is 0 Å². The van der Waals surface area contributed by atoms with Crippen molar-refractivity contribution in [2.24, 2.45) is 0 Å². The lowest BCUT2D eigenvalue weighted by Crippen LogP contribution is -2.03. The second-order valence-corrected chi connectivity index (χ2v) is 5.14. The summed E-state index contributed by atoms with van der Waals surface area (Å²) in [6.07, 6.45) is 0. The quantitative estimate of drug-likeness (QED) is 0.648. The van der Waals surface area contributed by atoms with E-state index in [9.17, 15) is 13.6 Å². The maximum absolute atomic E-state index is 13.7. The molecule has 0 amide bonds. The number of halogens is 3. The fraction of sp³-hybridized carbons (Fsp3) is 0.0714. The molecule has 0 heterocycles. The van der Waals surface area contributed by atoms with Gasteiger partial charge in [-0.3, -0.25) is 4.79 Å². The molecule has 0 unspecified atom stereocenters. The molecule has 0 radical (unpaired) electrons. The average molecular weight is 341 g/mol. The Balaban J connectivity index is 2.41. The molecular weight excluding hydrogens is 330 g/mol. The standard InChI is InChI=1S/C14H11BrF2N2O/c1-7(20)10-6-9(2-3-13(10)18)19-14-11(16)4-8(15)5-12(14)17/h2-6,19H,18H2,1H3. The first kappa shape index (κ1) is 14.5. The van der Waals surface area contributed by atoms with Gasteiger partial charge in [0.1, 0.15) is 5.69 Å². The molecule has 3 N–H and O–H groups in total. The zero-order valence-corrected chi connectivity index (χ0v) is 12.1. The number of nitrogens with two attached hydrogens (primary N) is 1. The van der Waals surface area contributed by atoms with Crippen LogP contribution < -0.4 is 11.1 Å². The lowest BCUT2D eigenvalue weighted by atomic mass is 10.1. The summed E-state index contributed by atoms with van der Waals surface area (Å²) < 4.78 is 27.7. The summed E-state index contributed by atoms with van der Waals surface area (Å²) in [5, 5.41) is 2.61. The zero-order valence-electron chi connectivity index (χ0n) is 10.5. The predicted molar refractivity (Wildman–Crippen MR) is 78.2 cm³/mol. The van der Waals surface area contributed by atoms with E-state index in [0.29, 0.717) is 21.4 Å². The van der Waals surface area contributed by atoms with Crippen LogP contribution in [0.1, 0.15) is 17.3 Å². The summed E-state index contributed by atoms with van der Waals surface area (Å²) in [5.41, 5.74) is 6.37. The Labute approximate surface area is 122 Å². The molecule has 2 aromatic carbocycles. The van der Waals surface area contributed by atoms with Gasteiger partial charge in [0.25, 0.3) is 0 Å². The van der Waals surface area contributed by atoms with Crippen molar-refractivity contribution in [1.82, 2.24) is 0 Å². The van der Waals surface area contributed by atoms with Gasteiger partial charge in [-0.2, -0.15) is 0 Å². The van der Waals surface area contributed by atoms with Crippen LogP contribution in [-0.2, 0) is 0 Å². The van der Waals surface area contributed by atoms with Crippen molar-refractivity contribution in [2.45, 2.75) is 6.92 Å². The van der Waals surface area contributed by atoms with Gasteiger partial charge in [-0.15, -0.1) is 0 Å². The van der Waals surface area contributed by atoms with Crippen LogP contribution >= 0.6 is 15.9 Å². The van der Waals surface area contributed by atoms with Crippen LogP contribution in [0.5, 0.6) is 0 Å². The SMILES string of the molecule is CC(=O)c1cc(Nc2c(F)cc(Br)cc2F)ccc1N. The monoisotopic (exact) mass is 340 g/mol. The predicted octanol–water partition coefficient (Wildman–Crippen LogP) is 4.26. The third kappa shape index (κ3) is 2.96. The lowest BCUT2D eigenvalue weighted by molar-refractivity contribution is 0.101. The fourth-order valence-electron chi connectivity index (χ4n) is 1.74. The van der Waals surface area contributed by atoms with Crippen molar-refractivity contribution in [2.75, 3.05) is 11.1 Å². The van der Waals surface area contributed by atoms with E-state index < -0.39 is 11.6 Å². The summed E-state index contributed by atoms with van der Waals surface area (Å²) in [4.78, 5) is 11.4. The van der Waals surface area contributed by atoms with Crippen molar-refractivity contribution >= 4 is 38.8 Å². The number of ketones is 1. The first-order valence-corrected chi connectivity index (χ1v) is 6.50. The number of anilines is 3. The highest BCUT2D eigenvalue weighted by molar-refractivity contribution is 9.10. The first-order chi connectivity index (χ1) is 9.38. The largest absolute Gasteiger partial charge is 0.398 e. The molecule has 0 spiro atoms. The number of rotatable bonds is 3. The molecule has 0 aliphatic rings. The molecule has 0 bridgehead atoms. The van der Waals surface area contributed by atoms with E-state index in [0.717, 1.165) is 12.1 Å². The Bertz CT molecular complexity index is 666. The number of Topliss-reactive ketones (excluding diaryl/α,β-unsaturated/α-hetero) is 1. The minimum atomic E-state index is -0.738. The summed E-state index contributed by atoms with van der Waals surface area (Å²) >= 11 is 3.00. The van der Waals surface area contributed by atoms with Gasteiger partial charge in [0.2, 0.25) is 0 Å². The summed E-state index contributed by atoms with van der Waals surface area (Å²) in [6, 6.07) is 6.80. The summed E-state index contributed by atoms with van der Waals surface area (Å²) in [6.45, 7) is 1.37. The van der Waals surface area contributed by atoms with Gasteiger partial charge in [-0.25, -0.2) is 8.78 Å². The van der Waals surface area contributed by atoms with Crippen LogP contribution in [0, 0.1) is 11.6 Å². The van der Waals surface area contributed by atoms with Crippen LogP contribution in [0.4, 0.5) is 25.8 Å². The molecule has 2 rings (SSSR count). The number of nitrogen functional groups attached to an aromatic ring is 1. The molecule has 0 fully saturated rings. The van der Waals surface area contributed by atoms with E-state index in [4.69, 9.17) is 5.73 Å². The van der Waals surface area contributed by atoms with Gasteiger partial charge < -0.3 is 11.1 Å².